The molecule has 0 saturated carbocycles. The van der Waals surface area contributed by atoms with E-state index in [1.807, 2.05) is 77.7 Å². The van der Waals surface area contributed by atoms with Crippen LogP contribution in [0, 0.1) is 0 Å². The van der Waals surface area contributed by atoms with Gasteiger partial charge in [-0.15, -0.1) is 0 Å². The van der Waals surface area contributed by atoms with Gasteiger partial charge in [-0.3, -0.25) is 4.79 Å². The number of carbonyl (C=O) groups is 1. The van der Waals surface area contributed by atoms with Crippen molar-refractivity contribution < 1.29 is 9.53 Å². The molecule has 4 nitrogen and oxygen atoms in total. The average molecular weight is 407 g/mol. The van der Waals surface area contributed by atoms with E-state index in [2.05, 4.69) is 11.0 Å². The van der Waals surface area contributed by atoms with Crippen molar-refractivity contribution >= 4 is 23.2 Å². The molecule has 4 rings (SSSR count). The summed E-state index contributed by atoms with van der Waals surface area (Å²) in [7, 11) is 0. The molecule has 0 bridgehead atoms. The maximum absolute atomic E-state index is 13.0. The Kier molecular flexibility index (Phi) is 6.01. The molecule has 3 aromatic carbocycles. The Morgan fingerprint density at radius 1 is 0.862 bits per heavy atom. The lowest BCUT2D eigenvalue weighted by Crippen LogP contribution is -2.48. The second-order valence-corrected chi connectivity index (χ2v) is 7.50. The van der Waals surface area contributed by atoms with Crippen LogP contribution in [0.5, 0.6) is 5.75 Å². The summed E-state index contributed by atoms with van der Waals surface area (Å²) in [6.45, 7) is 3.42. The first-order valence-electron chi connectivity index (χ1n) is 9.76. The zero-order valence-electron chi connectivity index (χ0n) is 16.1. The molecular weight excluding hydrogens is 384 g/mol. The van der Waals surface area contributed by atoms with Gasteiger partial charge in [0.1, 0.15) is 12.4 Å². The van der Waals surface area contributed by atoms with Gasteiger partial charge in [0.25, 0.3) is 5.91 Å². The van der Waals surface area contributed by atoms with Crippen LogP contribution in [0.4, 0.5) is 5.69 Å². The molecule has 1 fully saturated rings. The molecule has 1 heterocycles. The lowest BCUT2D eigenvalue weighted by atomic mass is 10.1. The van der Waals surface area contributed by atoms with Crippen LogP contribution in [0.15, 0.2) is 78.9 Å². The Bertz CT molecular complexity index is 969. The van der Waals surface area contributed by atoms with E-state index >= 15 is 0 Å². The minimum Gasteiger partial charge on any atom is -0.489 e. The molecule has 0 spiro atoms. The van der Waals surface area contributed by atoms with Crippen molar-refractivity contribution in [3.63, 3.8) is 0 Å². The minimum atomic E-state index is 0.0425. The molecule has 5 heteroatoms. The predicted molar refractivity (Wildman–Crippen MR) is 117 cm³/mol. The van der Waals surface area contributed by atoms with Gasteiger partial charge in [-0.05, 0) is 42.0 Å². The number of carbonyl (C=O) groups excluding carboxylic acids is 1. The molecule has 148 valence electrons. The number of benzene rings is 3. The smallest absolute Gasteiger partial charge is 0.254 e. The Morgan fingerprint density at radius 2 is 1.62 bits per heavy atom. The van der Waals surface area contributed by atoms with Crippen LogP contribution in [0.2, 0.25) is 5.02 Å². The fourth-order valence-electron chi connectivity index (χ4n) is 3.48. The lowest BCUT2D eigenvalue weighted by molar-refractivity contribution is 0.0746. The predicted octanol–water partition coefficient (Wildman–Crippen LogP) is 4.88. The van der Waals surface area contributed by atoms with Crippen LogP contribution < -0.4 is 9.64 Å². The molecule has 0 aliphatic carbocycles. The van der Waals surface area contributed by atoms with Crippen LogP contribution in [-0.4, -0.2) is 37.0 Å². The monoisotopic (exact) mass is 406 g/mol. The molecule has 0 aromatic heterocycles. The van der Waals surface area contributed by atoms with E-state index in [9.17, 15) is 4.79 Å². The summed E-state index contributed by atoms with van der Waals surface area (Å²) in [5.74, 6) is 0.748. The second-order valence-electron chi connectivity index (χ2n) is 7.06. The number of hydrogen-bond donors (Lipinski definition) is 0. The van der Waals surface area contributed by atoms with Crippen LogP contribution >= 0.6 is 11.6 Å². The summed E-state index contributed by atoms with van der Waals surface area (Å²) in [5, 5.41) is 0.730. The van der Waals surface area contributed by atoms with E-state index in [4.69, 9.17) is 16.3 Å². The first kappa shape index (κ1) is 19.3. The Labute approximate surface area is 176 Å². The molecule has 1 saturated heterocycles. The summed E-state index contributed by atoms with van der Waals surface area (Å²) < 4.78 is 5.86. The third-order valence-electron chi connectivity index (χ3n) is 5.07. The third-order valence-corrected chi connectivity index (χ3v) is 5.30. The van der Waals surface area contributed by atoms with Crippen molar-refractivity contribution in [2.24, 2.45) is 0 Å². The first-order chi connectivity index (χ1) is 14.2. The number of piperazine rings is 1. The number of rotatable bonds is 5. The highest BCUT2D eigenvalue weighted by atomic mass is 35.5. The van der Waals surface area contributed by atoms with Crippen LogP contribution in [0.25, 0.3) is 0 Å². The maximum atomic E-state index is 13.0. The normalized spacial score (nSPS) is 14.0. The number of halogens is 1. The molecule has 0 radical (unpaired) electrons. The van der Waals surface area contributed by atoms with Crippen molar-refractivity contribution in [1.29, 1.82) is 0 Å². The fourth-order valence-corrected chi connectivity index (χ4v) is 3.67. The first-order valence-corrected chi connectivity index (χ1v) is 10.1. The molecule has 0 atom stereocenters. The SMILES string of the molecule is O=C(c1cccc(OCc2ccccc2)c1)N1CCN(c2cccc(Cl)c2)CC1. The van der Waals surface area contributed by atoms with E-state index < -0.39 is 0 Å². The number of amides is 1. The second kappa shape index (κ2) is 9.01. The summed E-state index contributed by atoms with van der Waals surface area (Å²) >= 11 is 6.10. The quantitative estimate of drug-likeness (QED) is 0.605. The van der Waals surface area contributed by atoms with Crippen molar-refractivity contribution in [1.82, 2.24) is 4.90 Å². The van der Waals surface area contributed by atoms with Crippen LogP contribution in [0.1, 0.15) is 15.9 Å². The van der Waals surface area contributed by atoms with E-state index in [-0.39, 0.29) is 5.91 Å². The van der Waals surface area contributed by atoms with Crippen LogP contribution in [-0.2, 0) is 6.61 Å². The zero-order valence-corrected chi connectivity index (χ0v) is 16.9. The highest BCUT2D eigenvalue weighted by Gasteiger charge is 2.22. The van der Waals surface area contributed by atoms with Gasteiger partial charge in [0.15, 0.2) is 0 Å². The van der Waals surface area contributed by atoms with E-state index in [1.54, 1.807) is 0 Å². The standard InChI is InChI=1S/C24H23ClN2O2/c25-21-9-5-10-22(17-21)26-12-14-27(15-13-26)24(28)20-8-4-11-23(16-20)29-18-19-6-2-1-3-7-19/h1-11,16-17H,12-15,18H2. The van der Waals surface area contributed by atoms with Gasteiger partial charge >= 0.3 is 0 Å². The summed E-state index contributed by atoms with van der Waals surface area (Å²) in [6, 6.07) is 25.3. The summed E-state index contributed by atoms with van der Waals surface area (Å²) in [6.07, 6.45) is 0. The van der Waals surface area contributed by atoms with Gasteiger partial charge in [0.05, 0.1) is 0 Å². The fraction of sp³-hybridized carbons (Fsp3) is 0.208. The molecular formula is C24H23ClN2O2. The lowest BCUT2D eigenvalue weighted by Gasteiger charge is -2.36. The van der Waals surface area contributed by atoms with Gasteiger partial charge in [0, 0.05) is 42.5 Å². The van der Waals surface area contributed by atoms with E-state index in [0.717, 1.165) is 29.4 Å². The van der Waals surface area contributed by atoms with Crippen molar-refractivity contribution in [2.45, 2.75) is 6.61 Å². The van der Waals surface area contributed by atoms with Gasteiger partial charge < -0.3 is 14.5 Å². The summed E-state index contributed by atoms with van der Waals surface area (Å²) in [5.41, 5.74) is 2.86. The maximum Gasteiger partial charge on any atom is 0.254 e. The highest BCUT2D eigenvalue weighted by molar-refractivity contribution is 6.30. The molecule has 1 aliphatic heterocycles. The zero-order chi connectivity index (χ0) is 20.1. The minimum absolute atomic E-state index is 0.0425. The number of anilines is 1. The molecule has 3 aromatic rings. The van der Waals surface area contributed by atoms with Crippen molar-refractivity contribution in [3.05, 3.63) is 95.0 Å². The van der Waals surface area contributed by atoms with Crippen LogP contribution in [0.3, 0.4) is 0 Å². The van der Waals surface area contributed by atoms with Gasteiger partial charge in [-0.2, -0.15) is 0 Å². The molecule has 29 heavy (non-hydrogen) atoms. The molecule has 1 amide bonds. The molecule has 1 aliphatic rings. The number of ether oxygens (including phenoxy) is 1. The third kappa shape index (κ3) is 4.90. The van der Waals surface area contributed by atoms with Gasteiger partial charge in [-0.1, -0.05) is 54.1 Å². The van der Waals surface area contributed by atoms with Gasteiger partial charge in [-0.25, -0.2) is 0 Å². The van der Waals surface area contributed by atoms with Gasteiger partial charge in [0.2, 0.25) is 0 Å². The number of hydrogen-bond acceptors (Lipinski definition) is 3. The largest absolute Gasteiger partial charge is 0.489 e. The number of nitrogens with zero attached hydrogens (tertiary/aromatic N) is 2. The van der Waals surface area contributed by atoms with Crippen molar-refractivity contribution in [2.75, 3.05) is 31.1 Å². The average Bonchev–Trinajstić information content (AvgIpc) is 2.78. The van der Waals surface area contributed by atoms with Crippen molar-refractivity contribution in [3.8, 4) is 5.75 Å². The summed E-state index contributed by atoms with van der Waals surface area (Å²) in [4.78, 5) is 17.1. The van der Waals surface area contributed by atoms with E-state index in [1.165, 1.54) is 0 Å². The Balaban J connectivity index is 1.36. The molecule has 0 N–H and O–H groups in total. The van der Waals surface area contributed by atoms with E-state index in [0.29, 0.717) is 31.0 Å². The topological polar surface area (TPSA) is 32.8 Å². The Morgan fingerprint density at radius 3 is 2.38 bits per heavy atom. The highest BCUT2D eigenvalue weighted by Crippen LogP contribution is 2.22. The Hall–Kier alpha value is -2.98. The molecule has 0 unspecified atom stereocenters.